The molecule has 9 aromatic carbocycles. The quantitative estimate of drug-likeness (QED) is 0.162. The summed E-state index contributed by atoms with van der Waals surface area (Å²) in [6, 6.07) is 79.4. The molecule has 2 heteroatoms. The van der Waals surface area contributed by atoms with Gasteiger partial charge < -0.3 is 9.13 Å². The van der Waals surface area contributed by atoms with Crippen molar-refractivity contribution in [2.45, 2.75) is 0 Å². The maximum Gasteiger partial charge on any atom is 0.0547 e. The van der Waals surface area contributed by atoms with Gasteiger partial charge in [-0.15, -0.1) is 0 Å². The summed E-state index contributed by atoms with van der Waals surface area (Å²) < 4.78 is 4.83. The van der Waals surface area contributed by atoms with E-state index in [1.165, 1.54) is 88.1 Å². The number of nitrogens with zero attached hydrogens (tertiary/aromatic N) is 2. The van der Waals surface area contributed by atoms with Gasteiger partial charge in [0.25, 0.3) is 0 Å². The summed E-state index contributed by atoms with van der Waals surface area (Å²) >= 11 is 0. The zero-order valence-electron chi connectivity index (χ0n) is 30.7. The largest absolute Gasteiger partial charge is 0.309 e. The molecule has 2 heterocycles. The van der Waals surface area contributed by atoms with Crippen LogP contribution in [0.25, 0.3) is 99.5 Å². The maximum absolute atomic E-state index is 2.42. The number of rotatable bonds is 6. The molecule has 0 saturated carbocycles. The Labute approximate surface area is 325 Å². The van der Waals surface area contributed by atoms with E-state index in [0.717, 1.165) is 11.4 Å². The van der Waals surface area contributed by atoms with Gasteiger partial charge in [0.05, 0.1) is 22.1 Å². The number of hydrogen-bond acceptors (Lipinski definition) is 0. The highest BCUT2D eigenvalue weighted by Gasteiger charge is 2.16. The fraction of sp³-hybridized carbons (Fsp3) is 0. The molecule has 0 saturated heterocycles. The lowest BCUT2D eigenvalue weighted by Crippen LogP contribution is -1.94. The van der Waals surface area contributed by atoms with Crippen molar-refractivity contribution in [1.29, 1.82) is 0 Å². The van der Waals surface area contributed by atoms with Crippen LogP contribution in [-0.4, -0.2) is 9.13 Å². The number of para-hydroxylation sites is 2. The molecule has 0 bridgehead atoms. The van der Waals surface area contributed by atoms with E-state index >= 15 is 0 Å². The van der Waals surface area contributed by atoms with Crippen LogP contribution in [0.3, 0.4) is 0 Å². The molecule has 0 unspecified atom stereocenters. The minimum atomic E-state index is 1.16. The van der Waals surface area contributed by atoms with Crippen molar-refractivity contribution in [3.8, 4) is 55.9 Å². The zero-order valence-corrected chi connectivity index (χ0v) is 30.7. The van der Waals surface area contributed by atoms with Gasteiger partial charge in [0.2, 0.25) is 0 Å². The van der Waals surface area contributed by atoms with E-state index in [2.05, 4.69) is 228 Å². The Kier molecular flexibility index (Phi) is 7.53. The topological polar surface area (TPSA) is 9.86 Å². The molecular formula is C54H36N2. The highest BCUT2D eigenvalue weighted by atomic mass is 15.0. The number of benzene rings is 9. The second-order valence-electron chi connectivity index (χ2n) is 14.6. The average Bonchev–Trinajstić information content (AvgIpc) is 3.79. The molecule has 0 N–H and O–H groups in total. The summed E-state index contributed by atoms with van der Waals surface area (Å²) in [5.74, 6) is 0. The minimum absolute atomic E-state index is 1.16. The van der Waals surface area contributed by atoms with E-state index in [1.54, 1.807) is 0 Å². The first-order valence-corrected chi connectivity index (χ1v) is 19.3. The van der Waals surface area contributed by atoms with Crippen LogP contribution in [-0.2, 0) is 0 Å². The molecule has 0 atom stereocenters. The van der Waals surface area contributed by atoms with Gasteiger partial charge >= 0.3 is 0 Å². The molecule has 0 spiro atoms. The maximum atomic E-state index is 2.42. The molecule has 0 aliphatic rings. The molecular weight excluding hydrogens is 677 g/mol. The first-order valence-electron chi connectivity index (χ1n) is 19.3. The Bertz CT molecular complexity index is 3000. The third-order valence-electron chi connectivity index (χ3n) is 11.3. The Balaban J connectivity index is 0.994. The highest BCUT2D eigenvalue weighted by Crippen LogP contribution is 2.38. The lowest BCUT2D eigenvalue weighted by molar-refractivity contribution is 1.18. The standard InChI is InChI=1S/C54H36N2/c1-3-13-37(14-4-1)41-17-11-19-45(33-41)55-51-23-9-7-21-47(51)49-31-29-43(35-53(49)55)39-25-27-40(28-26-39)44-30-32-50-48-22-8-10-24-52(48)56(54(50)36-44)46-20-12-18-42(34-46)38-15-5-2-6-16-38/h1-36H. The molecule has 11 aromatic rings. The first kappa shape index (κ1) is 32.0. The second kappa shape index (κ2) is 13.2. The monoisotopic (exact) mass is 712 g/mol. The molecule has 0 radical (unpaired) electrons. The van der Waals surface area contributed by atoms with Crippen molar-refractivity contribution in [2.24, 2.45) is 0 Å². The van der Waals surface area contributed by atoms with Gasteiger partial charge in [0.1, 0.15) is 0 Å². The van der Waals surface area contributed by atoms with Crippen LogP contribution in [0.4, 0.5) is 0 Å². The Morgan fingerprint density at radius 2 is 0.518 bits per heavy atom. The van der Waals surface area contributed by atoms with Gasteiger partial charge in [0, 0.05) is 32.9 Å². The van der Waals surface area contributed by atoms with Crippen molar-refractivity contribution in [1.82, 2.24) is 9.13 Å². The molecule has 0 amide bonds. The van der Waals surface area contributed by atoms with Crippen LogP contribution < -0.4 is 0 Å². The lowest BCUT2D eigenvalue weighted by atomic mass is 9.98. The van der Waals surface area contributed by atoms with Crippen molar-refractivity contribution in [2.75, 3.05) is 0 Å². The predicted molar refractivity (Wildman–Crippen MR) is 237 cm³/mol. The van der Waals surface area contributed by atoms with E-state index in [4.69, 9.17) is 0 Å². The number of fused-ring (bicyclic) bond motifs is 6. The Morgan fingerprint density at radius 3 is 0.964 bits per heavy atom. The second-order valence-corrected chi connectivity index (χ2v) is 14.6. The highest BCUT2D eigenvalue weighted by molar-refractivity contribution is 6.11. The molecule has 0 aliphatic carbocycles. The smallest absolute Gasteiger partial charge is 0.0547 e. The minimum Gasteiger partial charge on any atom is -0.309 e. The van der Waals surface area contributed by atoms with E-state index in [1.807, 2.05) is 0 Å². The van der Waals surface area contributed by atoms with Crippen LogP contribution in [0.1, 0.15) is 0 Å². The summed E-state index contributed by atoms with van der Waals surface area (Å²) in [6.07, 6.45) is 0. The summed E-state index contributed by atoms with van der Waals surface area (Å²) in [6.45, 7) is 0. The van der Waals surface area contributed by atoms with Crippen LogP contribution in [0.5, 0.6) is 0 Å². The molecule has 0 aliphatic heterocycles. The molecule has 2 aromatic heterocycles. The van der Waals surface area contributed by atoms with E-state index in [0.29, 0.717) is 0 Å². The Morgan fingerprint density at radius 1 is 0.196 bits per heavy atom. The van der Waals surface area contributed by atoms with Crippen molar-refractivity contribution in [3.05, 3.63) is 218 Å². The van der Waals surface area contributed by atoms with Gasteiger partial charge in [-0.3, -0.25) is 0 Å². The lowest BCUT2D eigenvalue weighted by Gasteiger charge is -2.12. The van der Waals surface area contributed by atoms with Gasteiger partial charge in [-0.1, -0.05) is 170 Å². The summed E-state index contributed by atoms with van der Waals surface area (Å²) in [5, 5.41) is 5.02. The summed E-state index contributed by atoms with van der Waals surface area (Å²) in [7, 11) is 0. The summed E-state index contributed by atoms with van der Waals surface area (Å²) in [5.41, 5.74) is 16.8. The van der Waals surface area contributed by atoms with Crippen LogP contribution in [0.2, 0.25) is 0 Å². The van der Waals surface area contributed by atoms with Crippen LogP contribution >= 0.6 is 0 Å². The molecule has 262 valence electrons. The average molecular weight is 713 g/mol. The van der Waals surface area contributed by atoms with Gasteiger partial charge in [-0.05, 0) is 93.0 Å². The van der Waals surface area contributed by atoms with Gasteiger partial charge in [-0.2, -0.15) is 0 Å². The van der Waals surface area contributed by atoms with Crippen molar-refractivity contribution in [3.63, 3.8) is 0 Å². The fourth-order valence-corrected chi connectivity index (χ4v) is 8.62. The van der Waals surface area contributed by atoms with E-state index < -0.39 is 0 Å². The molecule has 11 rings (SSSR count). The van der Waals surface area contributed by atoms with Gasteiger partial charge in [0.15, 0.2) is 0 Å². The molecule has 2 nitrogen and oxygen atoms in total. The predicted octanol–water partition coefficient (Wildman–Crippen LogP) is 14.5. The third-order valence-corrected chi connectivity index (χ3v) is 11.3. The molecule has 56 heavy (non-hydrogen) atoms. The van der Waals surface area contributed by atoms with E-state index in [-0.39, 0.29) is 0 Å². The summed E-state index contributed by atoms with van der Waals surface area (Å²) in [4.78, 5) is 0. The fourth-order valence-electron chi connectivity index (χ4n) is 8.62. The SMILES string of the molecule is c1ccc(-c2cccc(-n3c4ccccc4c4ccc(-c5ccc(-c6ccc7c8ccccc8n(-c8cccc(-c9ccccc9)c8)c7c6)cc5)cc43)c2)cc1. The Hall–Kier alpha value is -7.42. The zero-order chi connectivity index (χ0) is 37.0. The number of aromatic nitrogens is 2. The van der Waals surface area contributed by atoms with Gasteiger partial charge in [-0.25, -0.2) is 0 Å². The van der Waals surface area contributed by atoms with Crippen LogP contribution in [0, 0.1) is 0 Å². The van der Waals surface area contributed by atoms with Crippen molar-refractivity contribution < 1.29 is 0 Å². The normalized spacial score (nSPS) is 11.6. The van der Waals surface area contributed by atoms with E-state index in [9.17, 15) is 0 Å². The number of hydrogen-bond donors (Lipinski definition) is 0. The van der Waals surface area contributed by atoms with Crippen LogP contribution in [0.15, 0.2) is 218 Å². The first-order chi connectivity index (χ1) is 27.8. The van der Waals surface area contributed by atoms with Crippen molar-refractivity contribution >= 4 is 43.6 Å². The third kappa shape index (κ3) is 5.34. The molecule has 0 fully saturated rings.